The SMILES string of the molecule is CC(C)(C)C(NC(=O)O)C12CCC(Cn3c1nc(C(=O)NCc1ccc(F)cc1)c(O)c3=O)C2. The third kappa shape index (κ3) is 4.12. The minimum Gasteiger partial charge on any atom is -0.501 e. The Morgan fingerprint density at radius 2 is 1.97 bits per heavy atom. The van der Waals surface area contributed by atoms with E-state index in [4.69, 9.17) is 0 Å². The minimum absolute atomic E-state index is 0.0526. The zero-order valence-corrected chi connectivity index (χ0v) is 19.4. The molecule has 1 aromatic heterocycles. The van der Waals surface area contributed by atoms with Crippen LogP contribution in [-0.4, -0.2) is 37.8 Å². The molecule has 1 aliphatic carbocycles. The van der Waals surface area contributed by atoms with Crippen molar-refractivity contribution in [2.75, 3.05) is 0 Å². The van der Waals surface area contributed by atoms with Crippen LogP contribution in [0, 0.1) is 17.2 Å². The Kier molecular flexibility index (Phi) is 5.87. The van der Waals surface area contributed by atoms with E-state index in [1.54, 1.807) is 0 Å². The number of nitrogens with zero attached hydrogens (tertiary/aromatic N) is 2. The summed E-state index contributed by atoms with van der Waals surface area (Å²) >= 11 is 0. The normalized spacial score (nSPS) is 22.1. The van der Waals surface area contributed by atoms with E-state index in [1.807, 2.05) is 20.8 Å². The molecule has 4 N–H and O–H groups in total. The molecular formula is C24H29FN4O5. The van der Waals surface area contributed by atoms with Crippen LogP contribution in [0.2, 0.25) is 0 Å². The smallest absolute Gasteiger partial charge is 0.404 e. The first-order valence-electron chi connectivity index (χ1n) is 11.3. The van der Waals surface area contributed by atoms with Gasteiger partial charge in [-0.2, -0.15) is 0 Å². The number of nitrogens with one attached hydrogen (secondary N) is 2. The number of amides is 2. The van der Waals surface area contributed by atoms with Gasteiger partial charge in [-0.05, 0) is 48.3 Å². The van der Waals surface area contributed by atoms with Gasteiger partial charge in [0.2, 0.25) is 5.75 Å². The third-order valence-corrected chi connectivity index (χ3v) is 6.95. The molecule has 2 aromatic rings. The van der Waals surface area contributed by atoms with Gasteiger partial charge in [0.25, 0.3) is 11.5 Å². The second kappa shape index (κ2) is 8.41. The van der Waals surface area contributed by atoms with E-state index < -0.39 is 51.7 Å². The summed E-state index contributed by atoms with van der Waals surface area (Å²) in [6.07, 6.45) is 0.841. The fourth-order valence-corrected chi connectivity index (χ4v) is 5.62. The fourth-order valence-electron chi connectivity index (χ4n) is 5.62. The Morgan fingerprint density at radius 1 is 1.29 bits per heavy atom. The molecule has 2 aliphatic rings. The monoisotopic (exact) mass is 472 g/mol. The standard InChI is InChI=1S/C24H29FN4O5/c1-23(2,3)20(28-22(33)34)24-9-8-14(10-24)12-29-19(32)17(30)16(27-21(24)29)18(31)26-11-13-4-6-15(25)7-5-13/h4-7,14,20,28,30H,8-12H2,1-3H3,(H,26,31)(H,33,34). The molecule has 1 fully saturated rings. The number of halogens is 1. The summed E-state index contributed by atoms with van der Waals surface area (Å²) in [5.74, 6) is -1.42. The Morgan fingerprint density at radius 3 is 2.59 bits per heavy atom. The van der Waals surface area contributed by atoms with E-state index in [0.717, 1.165) is 6.42 Å². The van der Waals surface area contributed by atoms with E-state index in [1.165, 1.54) is 28.8 Å². The van der Waals surface area contributed by atoms with Crippen LogP contribution in [0.3, 0.4) is 0 Å². The van der Waals surface area contributed by atoms with Crippen LogP contribution in [0.4, 0.5) is 9.18 Å². The van der Waals surface area contributed by atoms with Gasteiger partial charge in [0.15, 0.2) is 5.69 Å². The summed E-state index contributed by atoms with van der Waals surface area (Å²) in [6.45, 7) is 6.17. The predicted molar refractivity (Wildman–Crippen MR) is 121 cm³/mol. The second-order valence-electron chi connectivity index (χ2n) is 10.4. The first kappa shape index (κ1) is 23.7. The van der Waals surface area contributed by atoms with E-state index in [9.17, 15) is 29.0 Å². The molecule has 2 amide bonds. The average Bonchev–Trinajstić information content (AvgIpc) is 3.12. The molecule has 4 rings (SSSR count). The molecule has 0 radical (unpaired) electrons. The predicted octanol–water partition coefficient (Wildman–Crippen LogP) is 2.75. The maximum absolute atomic E-state index is 13.1. The van der Waals surface area contributed by atoms with Gasteiger partial charge in [0, 0.05) is 24.5 Å². The maximum atomic E-state index is 13.1. The van der Waals surface area contributed by atoms with Crippen molar-refractivity contribution >= 4 is 12.0 Å². The van der Waals surface area contributed by atoms with Crippen molar-refractivity contribution < 1.29 is 24.2 Å². The highest BCUT2D eigenvalue weighted by Crippen LogP contribution is 2.53. The lowest BCUT2D eigenvalue weighted by atomic mass is 9.65. The number of carbonyl (C=O) groups excluding carboxylic acids is 1. The highest BCUT2D eigenvalue weighted by Gasteiger charge is 2.56. The number of aromatic hydroxyl groups is 1. The molecule has 3 atom stereocenters. The van der Waals surface area contributed by atoms with E-state index in [-0.39, 0.29) is 12.5 Å². The molecular weight excluding hydrogens is 443 g/mol. The summed E-state index contributed by atoms with van der Waals surface area (Å²) in [5.41, 5.74) is -1.77. The molecule has 1 aliphatic heterocycles. The second-order valence-corrected chi connectivity index (χ2v) is 10.4. The lowest BCUT2D eigenvalue weighted by Gasteiger charge is -2.46. The molecule has 2 bridgehead atoms. The van der Waals surface area contributed by atoms with Crippen LogP contribution >= 0.6 is 0 Å². The summed E-state index contributed by atoms with van der Waals surface area (Å²) in [5, 5.41) is 25.4. The summed E-state index contributed by atoms with van der Waals surface area (Å²) < 4.78 is 14.5. The average molecular weight is 473 g/mol. The molecule has 182 valence electrons. The Hall–Kier alpha value is -3.43. The van der Waals surface area contributed by atoms with Gasteiger partial charge in [-0.25, -0.2) is 14.2 Å². The first-order valence-corrected chi connectivity index (χ1v) is 11.3. The van der Waals surface area contributed by atoms with Crippen molar-refractivity contribution in [3.05, 3.63) is 57.5 Å². The number of benzene rings is 1. The summed E-state index contributed by atoms with van der Waals surface area (Å²) in [4.78, 5) is 42.2. The van der Waals surface area contributed by atoms with Crippen LogP contribution in [-0.2, 0) is 18.5 Å². The van der Waals surface area contributed by atoms with Gasteiger partial charge in [-0.3, -0.25) is 14.2 Å². The van der Waals surface area contributed by atoms with Gasteiger partial charge < -0.3 is 20.8 Å². The number of rotatable bonds is 5. The van der Waals surface area contributed by atoms with E-state index in [0.29, 0.717) is 30.8 Å². The molecule has 9 nitrogen and oxygen atoms in total. The van der Waals surface area contributed by atoms with Crippen molar-refractivity contribution in [2.45, 2.75) is 64.6 Å². The van der Waals surface area contributed by atoms with Crippen LogP contribution in [0.1, 0.15) is 61.9 Å². The minimum atomic E-state index is -1.17. The topological polar surface area (TPSA) is 134 Å². The van der Waals surface area contributed by atoms with Crippen molar-refractivity contribution in [1.82, 2.24) is 20.2 Å². The molecule has 0 saturated heterocycles. The highest BCUT2D eigenvalue weighted by molar-refractivity contribution is 5.94. The Labute approximate surface area is 196 Å². The molecule has 10 heteroatoms. The summed E-state index contributed by atoms with van der Waals surface area (Å²) in [6, 6.07) is 5.00. The molecule has 0 spiro atoms. The van der Waals surface area contributed by atoms with Crippen LogP contribution in [0.15, 0.2) is 29.1 Å². The zero-order chi connectivity index (χ0) is 24.8. The van der Waals surface area contributed by atoms with Crippen molar-refractivity contribution in [1.29, 1.82) is 0 Å². The zero-order valence-electron chi connectivity index (χ0n) is 19.4. The molecule has 2 heterocycles. The van der Waals surface area contributed by atoms with E-state index >= 15 is 0 Å². The largest absolute Gasteiger partial charge is 0.501 e. The Bertz CT molecular complexity index is 1190. The number of carboxylic acid groups (broad SMARTS) is 1. The van der Waals surface area contributed by atoms with Gasteiger partial charge in [0.05, 0.1) is 0 Å². The lowest BCUT2D eigenvalue weighted by molar-refractivity contribution is 0.0934. The molecule has 34 heavy (non-hydrogen) atoms. The van der Waals surface area contributed by atoms with Crippen LogP contribution in [0.25, 0.3) is 0 Å². The third-order valence-electron chi connectivity index (χ3n) is 6.95. The number of aromatic nitrogens is 2. The van der Waals surface area contributed by atoms with Crippen molar-refractivity contribution in [2.24, 2.45) is 11.3 Å². The quantitative estimate of drug-likeness (QED) is 0.529. The number of fused-ring (bicyclic) bond motifs is 4. The summed E-state index contributed by atoms with van der Waals surface area (Å²) in [7, 11) is 0. The van der Waals surface area contributed by atoms with Crippen LogP contribution < -0.4 is 16.2 Å². The molecule has 1 saturated carbocycles. The lowest BCUT2D eigenvalue weighted by Crippen LogP contribution is -2.59. The fraction of sp³-hybridized carbons (Fsp3) is 0.500. The van der Waals surface area contributed by atoms with Gasteiger partial charge in [0.1, 0.15) is 11.6 Å². The van der Waals surface area contributed by atoms with Gasteiger partial charge in [-0.1, -0.05) is 32.9 Å². The highest BCUT2D eigenvalue weighted by atomic mass is 19.1. The number of carbonyl (C=O) groups is 2. The van der Waals surface area contributed by atoms with Gasteiger partial charge >= 0.3 is 6.09 Å². The first-order chi connectivity index (χ1) is 15.9. The molecule has 1 aromatic carbocycles. The van der Waals surface area contributed by atoms with Crippen molar-refractivity contribution in [3.63, 3.8) is 0 Å². The van der Waals surface area contributed by atoms with Gasteiger partial charge in [-0.15, -0.1) is 0 Å². The number of hydrogen-bond acceptors (Lipinski definition) is 5. The van der Waals surface area contributed by atoms with Crippen molar-refractivity contribution in [3.8, 4) is 5.75 Å². The van der Waals surface area contributed by atoms with E-state index in [2.05, 4.69) is 15.6 Å². The Balaban J connectivity index is 1.76. The maximum Gasteiger partial charge on any atom is 0.404 e. The molecule has 3 unspecified atom stereocenters. The van der Waals surface area contributed by atoms with Crippen LogP contribution in [0.5, 0.6) is 5.75 Å². The number of hydrogen-bond donors (Lipinski definition) is 4.